The standard InChI is InChI=1S/C18H27N3/c1-20-10-3-5-15-13-21(11-8-18(15)20)16-6-7-17-14(12-16)4-2-9-19-17/h6-7,12,15,18-19H,2-5,8-11,13H2,1H3. The van der Waals surface area contributed by atoms with Gasteiger partial charge < -0.3 is 15.1 Å². The van der Waals surface area contributed by atoms with Crippen LogP contribution in [-0.2, 0) is 6.42 Å². The topological polar surface area (TPSA) is 18.5 Å². The average Bonchev–Trinajstić information content (AvgIpc) is 2.54. The van der Waals surface area contributed by atoms with Crippen LogP contribution in [0.5, 0.6) is 0 Å². The lowest BCUT2D eigenvalue weighted by Gasteiger charge is -2.46. The number of piperidine rings is 2. The second-order valence-electron chi connectivity index (χ2n) is 7.06. The molecule has 0 radical (unpaired) electrons. The molecule has 1 aromatic rings. The molecule has 0 aliphatic carbocycles. The minimum atomic E-state index is 0.828. The highest BCUT2D eigenvalue weighted by molar-refractivity contribution is 5.62. The van der Waals surface area contributed by atoms with Crippen molar-refractivity contribution in [2.45, 2.75) is 38.1 Å². The van der Waals surface area contributed by atoms with Crippen LogP contribution >= 0.6 is 0 Å². The van der Waals surface area contributed by atoms with Gasteiger partial charge in [0.15, 0.2) is 0 Å². The molecule has 3 heteroatoms. The van der Waals surface area contributed by atoms with E-state index in [4.69, 9.17) is 0 Å². The summed E-state index contributed by atoms with van der Waals surface area (Å²) in [5.41, 5.74) is 4.32. The second-order valence-corrected chi connectivity index (χ2v) is 7.06. The van der Waals surface area contributed by atoms with E-state index in [1.165, 1.54) is 68.7 Å². The molecule has 1 N–H and O–H groups in total. The van der Waals surface area contributed by atoms with Gasteiger partial charge >= 0.3 is 0 Å². The predicted octanol–water partition coefficient (Wildman–Crippen LogP) is 2.97. The van der Waals surface area contributed by atoms with E-state index in [1.54, 1.807) is 0 Å². The Morgan fingerprint density at radius 2 is 2.10 bits per heavy atom. The Morgan fingerprint density at radius 3 is 3.05 bits per heavy atom. The minimum Gasteiger partial charge on any atom is -0.385 e. The van der Waals surface area contributed by atoms with Crippen LogP contribution in [0.4, 0.5) is 11.4 Å². The molecule has 0 saturated carbocycles. The van der Waals surface area contributed by atoms with Crippen molar-refractivity contribution < 1.29 is 0 Å². The largest absolute Gasteiger partial charge is 0.385 e. The van der Waals surface area contributed by atoms with Gasteiger partial charge in [-0.25, -0.2) is 0 Å². The maximum Gasteiger partial charge on any atom is 0.0374 e. The first-order valence-electron chi connectivity index (χ1n) is 8.63. The van der Waals surface area contributed by atoms with Crippen molar-refractivity contribution in [3.63, 3.8) is 0 Å². The molecule has 0 amide bonds. The summed E-state index contributed by atoms with van der Waals surface area (Å²) in [5.74, 6) is 0.867. The van der Waals surface area contributed by atoms with Crippen molar-refractivity contribution in [2.24, 2.45) is 5.92 Å². The van der Waals surface area contributed by atoms with Crippen molar-refractivity contribution in [3.8, 4) is 0 Å². The molecule has 3 nitrogen and oxygen atoms in total. The Hall–Kier alpha value is -1.22. The Kier molecular flexibility index (Phi) is 3.54. The Morgan fingerprint density at radius 1 is 1.14 bits per heavy atom. The van der Waals surface area contributed by atoms with Gasteiger partial charge in [-0.2, -0.15) is 0 Å². The fourth-order valence-corrected chi connectivity index (χ4v) is 4.55. The van der Waals surface area contributed by atoms with Crippen molar-refractivity contribution in [1.82, 2.24) is 4.90 Å². The molecule has 1 aromatic carbocycles. The number of anilines is 2. The van der Waals surface area contributed by atoms with Crippen molar-refractivity contribution in [3.05, 3.63) is 23.8 Å². The summed E-state index contributed by atoms with van der Waals surface area (Å²) < 4.78 is 0. The summed E-state index contributed by atoms with van der Waals surface area (Å²) in [6.45, 7) is 4.90. The monoisotopic (exact) mass is 285 g/mol. The molecular formula is C18H27N3. The van der Waals surface area contributed by atoms with Crippen LogP contribution in [0.15, 0.2) is 18.2 Å². The highest BCUT2D eigenvalue weighted by Gasteiger charge is 2.34. The third kappa shape index (κ3) is 2.52. The molecule has 2 unspecified atom stereocenters. The zero-order chi connectivity index (χ0) is 14.2. The van der Waals surface area contributed by atoms with Crippen molar-refractivity contribution >= 4 is 11.4 Å². The van der Waals surface area contributed by atoms with Gasteiger partial charge in [-0.3, -0.25) is 0 Å². The van der Waals surface area contributed by atoms with E-state index in [1.807, 2.05) is 0 Å². The number of likely N-dealkylation sites (tertiary alicyclic amines) is 1. The number of benzene rings is 1. The molecule has 114 valence electrons. The molecule has 2 atom stereocenters. The van der Waals surface area contributed by atoms with Crippen LogP contribution in [-0.4, -0.2) is 44.2 Å². The van der Waals surface area contributed by atoms with Crippen LogP contribution in [0.2, 0.25) is 0 Å². The number of rotatable bonds is 1. The third-order valence-corrected chi connectivity index (χ3v) is 5.74. The number of aryl methyl sites for hydroxylation is 1. The molecule has 2 fully saturated rings. The number of nitrogens with zero attached hydrogens (tertiary/aromatic N) is 2. The van der Waals surface area contributed by atoms with Crippen LogP contribution in [0.1, 0.15) is 31.2 Å². The molecule has 3 heterocycles. The third-order valence-electron chi connectivity index (χ3n) is 5.74. The molecule has 3 aliphatic heterocycles. The van der Waals surface area contributed by atoms with E-state index < -0.39 is 0 Å². The van der Waals surface area contributed by atoms with Crippen LogP contribution < -0.4 is 10.2 Å². The zero-order valence-electron chi connectivity index (χ0n) is 13.1. The number of hydrogen-bond donors (Lipinski definition) is 1. The maximum atomic E-state index is 3.52. The zero-order valence-corrected chi connectivity index (χ0v) is 13.1. The number of hydrogen-bond acceptors (Lipinski definition) is 3. The molecule has 2 saturated heterocycles. The summed E-state index contributed by atoms with van der Waals surface area (Å²) in [4.78, 5) is 5.23. The predicted molar refractivity (Wildman–Crippen MR) is 89.2 cm³/mol. The van der Waals surface area contributed by atoms with Gasteiger partial charge in [0, 0.05) is 37.1 Å². The molecule has 0 spiro atoms. The first kappa shape index (κ1) is 13.4. The maximum absolute atomic E-state index is 3.52. The van der Waals surface area contributed by atoms with E-state index in [0.29, 0.717) is 0 Å². The van der Waals surface area contributed by atoms with Crippen molar-refractivity contribution in [2.75, 3.05) is 43.4 Å². The minimum absolute atomic E-state index is 0.828. The first-order valence-corrected chi connectivity index (χ1v) is 8.63. The van der Waals surface area contributed by atoms with E-state index in [2.05, 4.69) is 40.4 Å². The molecule has 4 rings (SSSR count). The van der Waals surface area contributed by atoms with Crippen molar-refractivity contribution in [1.29, 1.82) is 0 Å². The molecule has 0 bridgehead atoms. The van der Waals surface area contributed by atoms with E-state index in [-0.39, 0.29) is 0 Å². The summed E-state index contributed by atoms with van der Waals surface area (Å²) in [5, 5.41) is 3.52. The van der Waals surface area contributed by atoms with Crippen LogP contribution in [0, 0.1) is 5.92 Å². The lowest BCUT2D eigenvalue weighted by Crippen LogP contribution is -2.52. The van der Waals surface area contributed by atoms with Gasteiger partial charge in [0.1, 0.15) is 0 Å². The Balaban J connectivity index is 1.52. The lowest BCUT2D eigenvalue weighted by molar-refractivity contribution is 0.102. The summed E-state index contributed by atoms with van der Waals surface area (Å²) in [6, 6.07) is 7.88. The van der Waals surface area contributed by atoms with E-state index in [9.17, 15) is 0 Å². The van der Waals surface area contributed by atoms with Gasteiger partial charge in [0.25, 0.3) is 0 Å². The number of fused-ring (bicyclic) bond motifs is 2. The second kappa shape index (κ2) is 5.53. The van der Waals surface area contributed by atoms with Crippen LogP contribution in [0.25, 0.3) is 0 Å². The number of nitrogens with one attached hydrogen (secondary N) is 1. The highest BCUT2D eigenvalue weighted by Crippen LogP contribution is 2.34. The summed E-state index contributed by atoms with van der Waals surface area (Å²) >= 11 is 0. The molecular weight excluding hydrogens is 258 g/mol. The Bertz CT molecular complexity index is 513. The van der Waals surface area contributed by atoms with Gasteiger partial charge in [0.2, 0.25) is 0 Å². The quantitative estimate of drug-likeness (QED) is 0.856. The molecule has 3 aliphatic rings. The Labute approximate surface area is 128 Å². The normalized spacial score (nSPS) is 29.5. The van der Waals surface area contributed by atoms with Gasteiger partial charge in [-0.15, -0.1) is 0 Å². The van der Waals surface area contributed by atoms with Crippen LogP contribution in [0.3, 0.4) is 0 Å². The van der Waals surface area contributed by atoms with Gasteiger partial charge in [0.05, 0.1) is 0 Å². The van der Waals surface area contributed by atoms with E-state index >= 15 is 0 Å². The molecule has 21 heavy (non-hydrogen) atoms. The van der Waals surface area contributed by atoms with E-state index in [0.717, 1.165) is 18.5 Å². The van der Waals surface area contributed by atoms with Gasteiger partial charge in [-0.1, -0.05) is 0 Å². The first-order chi connectivity index (χ1) is 10.3. The average molecular weight is 285 g/mol. The SMILES string of the molecule is CN1CCCC2CN(c3ccc4c(c3)CCCN4)CCC21. The smallest absolute Gasteiger partial charge is 0.0374 e. The highest BCUT2D eigenvalue weighted by atomic mass is 15.2. The molecule has 0 aromatic heterocycles. The fraction of sp³-hybridized carbons (Fsp3) is 0.667. The van der Waals surface area contributed by atoms with Gasteiger partial charge in [-0.05, 0) is 75.4 Å². The summed E-state index contributed by atoms with van der Waals surface area (Å²) in [7, 11) is 2.32. The fourth-order valence-electron chi connectivity index (χ4n) is 4.55. The summed E-state index contributed by atoms with van der Waals surface area (Å²) in [6.07, 6.45) is 6.62. The lowest BCUT2D eigenvalue weighted by atomic mass is 9.84.